The lowest BCUT2D eigenvalue weighted by atomic mass is 10.2. The van der Waals surface area contributed by atoms with Crippen LogP contribution in [-0.4, -0.2) is 67.0 Å². The molecule has 0 unspecified atom stereocenters. The maximum atomic E-state index is 12.3. The number of aromatic nitrogens is 1. The molecule has 140 valence electrons. The molecular formula is C19H26N4O2S. The number of amides is 1. The van der Waals surface area contributed by atoms with E-state index in [0.717, 1.165) is 44.8 Å². The zero-order valence-corrected chi connectivity index (χ0v) is 16.0. The van der Waals surface area contributed by atoms with Crippen LogP contribution in [-0.2, 0) is 6.61 Å². The Kier molecular flexibility index (Phi) is 6.99. The van der Waals surface area contributed by atoms with E-state index in [1.54, 1.807) is 22.9 Å². The predicted molar refractivity (Wildman–Crippen MR) is 104 cm³/mol. The monoisotopic (exact) mass is 374 g/mol. The van der Waals surface area contributed by atoms with Gasteiger partial charge in [0.1, 0.15) is 12.4 Å². The third kappa shape index (κ3) is 5.79. The summed E-state index contributed by atoms with van der Waals surface area (Å²) in [5.41, 5.74) is 3.30. The molecule has 1 aliphatic rings. The molecule has 0 atom stereocenters. The van der Waals surface area contributed by atoms with Crippen molar-refractivity contribution < 1.29 is 9.53 Å². The molecule has 0 bridgehead atoms. The Bertz CT molecular complexity index is 685. The highest BCUT2D eigenvalue weighted by Gasteiger charge is 2.13. The number of hydrogen-bond acceptors (Lipinski definition) is 6. The van der Waals surface area contributed by atoms with Crippen LogP contribution in [0.5, 0.6) is 5.75 Å². The number of carbonyl (C=O) groups excluding carboxylic acids is 1. The molecular weight excluding hydrogens is 348 g/mol. The van der Waals surface area contributed by atoms with Crippen molar-refractivity contribution in [3.63, 3.8) is 0 Å². The topological polar surface area (TPSA) is 57.7 Å². The first kappa shape index (κ1) is 18.8. The minimum absolute atomic E-state index is 0.0533. The van der Waals surface area contributed by atoms with Crippen LogP contribution < -0.4 is 10.1 Å². The normalized spacial score (nSPS) is 15.7. The molecule has 0 spiro atoms. The first-order valence-electron chi connectivity index (χ1n) is 9.00. The first-order chi connectivity index (χ1) is 12.7. The number of rotatable bonds is 8. The molecule has 1 aromatic heterocycles. The summed E-state index contributed by atoms with van der Waals surface area (Å²) < 4.78 is 5.71. The summed E-state index contributed by atoms with van der Waals surface area (Å²) >= 11 is 1.54. The van der Waals surface area contributed by atoms with Crippen LogP contribution >= 0.6 is 11.3 Å². The lowest BCUT2D eigenvalue weighted by Crippen LogP contribution is -2.45. The van der Waals surface area contributed by atoms with E-state index in [-0.39, 0.29) is 5.91 Å². The van der Waals surface area contributed by atoms with Crippen LogP contribution in [0.4, 0.5) is 0 Å². The maximum Gasteiger partial charge on any atom is 0.251 e. The summed E-state index contributed by atoms with van der Waals surface area (Å²) in [6, 6.07) is 7.29. The molecule has 1 amide bonds. The van der Waals surface area contributed by atoms with E-state index in [0.29, 0.717) is 24.5 Å². The van der Waals surface area contributed by atoms with E-state index in [9.17, 15) is 4.79 Å². The molecule has 0 aliphatic carbocycles. The van der Waals surface area contributed by atoms with Gasteiger partial charge in [-0.2, -0.15) is 0 Å². The first-order valence-corrected chi connectivity index (χ1v) is 9.94. The fourth-order valence-electron chi connectivity index (χ4n) is 2.87. The lowest BCUT2D eigenvalue weighted by Gasteiger charge is -2.32. The van der Waals surface area contributed by atoms with Gasteiger partial charge in [0.2, 0.25) is 0 Å². The third-order valence-electron chi connectivity index (χ3n) is 4.50. The van der Waals surface area contributed by atoms with Crippen molar-refractivity contribution >= 4 is 17.2 Å². The summed E-state index contributed by atoms with van der Waals surface area (Å²) in [6.07, 6.45) is 0.968. The molecule has 0 radical (unpaired) electrons. The van der Waals surface area contributed by atoms with Crippen molar-refractivity contribution in [3.8, 4) is 5.75 Å². The second kappa shape index (κ2) is 9.66. The molecule has 1 aromatic carbocycles. The van der Waals surface area contributed by atoms with Gasteiger partial charge in [-0.25, -0.2) is 4.98 Å². The second-order valence-corrected chi connectivity index (χ2v) is 7.27. The second-order valence-electron chi connectivity index (χ2n) is 6.55. The van der Waals surface area contributed by atoms with Crippen LogP contribution in [0.2, 0.25) is 0 Å². The van der Waals surface area contributed by atoms with Crippen LogP contribution in [0.3, 0.4) is 0 Å². The molecule has 0 saturated carbocycles. The molecule has 1 saturated heterocycles. The van der Waals surface area contributed by atoms with Crippen molar-refractivity contribution in [1.29, 1.82) is 0 Å². The summed E-state index contributed by atoms with van der Waals surface area (Å²) in [4.78, 5) is 21.3. The Balaban J connectivity index is 1.39. The molecule has 26 heavy (non-hydrogen) atoms. The van der Waals surface area contributed by atoms with Gasteiger partial charge in [-0.05, 0) is 38.2 Å². The molecule has 1 fully saturated rings. The zero-order valence-electron chi connectivity index (χ0n) is 15.2. The number of hydrogen-bond donors (Lipinski definition) is 1. The summed E-state index contributed by atoms with van der Waals surface area (Å²) in [6.45, 7) is 6.62. The molecule has 2 heterocycles. The lowest BCUT2D eigenvalue weighted by molar-refractivity contribution is 0.0949. The zero-order chi connectivity index (χ0) is 18.2. The summed E-state index contributed by atoms with van der Waals surface area (Å²) in [7, 11) is 2.16. The van der Waals surface area contributed by atoms with Gasteiger partial charge in [-0.3, -0.25) is 4.79 Å². The molecule has 1 aliphatic heterocycles. The van der Waals surface area contributed by atoms with E-state index >= 15 is 0 Å². The Hall–Kier alpha value is -1.96. The Morgan fingerprint density at radius 1 is 1.31 bits per heavy atom. The van der Waals surface area contributed by atoms with Crippen LogP contribution in [0, 0.1) is 0 Å². The quantitative estimate of drug-likeness (QED) is 0.717. The van der Waals surface area contributed by atoms with Crippen LogP contribution in [0.1, 0.15) is 22.5 Å². The van der Waals surface area contributed by atoms with E-state index in [4.69, 9.17) is 4.74 Å². The molecule has 1 N–H and O–H groups in total. The Labute approximate surface area is 158 Å². The molecule has 2 aromatic rings. The predicted octanol–water partition coefficient (Wildman–Crippen LogP) is 2.09. The Morgan fingerprint density at radius 2 is 2.15 bits per heavy atom. The van der Waals surface area contributed by atoms with Crippen molar-refractivity contribution in [2.75, 3.05) is 46.3 Å². The highest BCUT2D eigenvalue weighted by Crippen LogP contribution is 2.15. The molecule has 7 heteroatoms. The largest absolute Gasteiger partial charge is 0.487 e. The number of thiazole rings is 1. The van der Waals surface area contributed by atoms with Crippen molar-refractivity contribution in [3.05, 3.63) is 46.4 Å². The van der Waals surface area contributed by atoms with Gasteiger partial charge in [0, 0.05) is 43.7 Å². The average molecular weight is 375 g/mol. The van der Waals surface area contributed by atoms with Gasteiger partial charge in [0.05, 0.1) is 11.2 Å². The summed E-state index contributed by atoms with van der Waals surface area (Å²) in [5, 5.41) is 4.96. The number of benzene rings is 1. The van der Waals surface area contributed by atoms with Crippen molar-refractivity contribution in [1.82, 2.24) is 20.1 Å². The minimum atomic E-state index is -0.0533. The highest BCUT2D eigenvalue weighted by atomic mass is 32.1. The van der Waals surface area contributed by atoms with Crippen LogP contribution in [0.25, 0.3) is 0 Å². The van der Waals surface area contributed by atoms with Gasteiger partial charge < -0.3 is 19.9 Å². The fourth-order valence-corrected chi connectivity index (χ4v) is 3.41. The number of nitrogens with zero attached hydrogens (tertiary/aromatic N) is 3. The van der Waals surface area contributed by atoms with E-state index in [1.807, 2.05) is 23.6 Å². The SMILES string of the molecule is CN1CCN(CCCNC(=O)c2cccc(OCc3cscn3)c2)CC1. The van der Waals surface area contributed by atoms with E-state index in [2.05, 4.69) is 27.1 Å². The number of carbonyl (C=O) groups is 1. The molecule has 3 rings (SSSR count). The minimum Gasteiger partial charge on any atom is -0.487 e. The Morgan fingerprint density at radius 3 is 2.92 bits per heavy atom. The number of nitrogens with one attached hydrogen (secondary N) is 1. The van der Waals surface area contributed by atoms with Gasteiger partial charge in [0.25, 0.3) is 5.91 Å². The van der Waals surface area contributed by atoms with Gasteiger partial charge in [0.15, 0.2) is 0 Å². The van der Waals surface area contributed by atoms with E-state index < -0.39 is 0 Å². The van der Waals surface area contributed by atoms with Gasteiger partial charge in [-0.15, -0.1) is 11.3 Å². The maximum absolute atomic E-state index is 12.3. The van der Waals surface area contributed by atoms with Gasteiger partial charge >= 0.3 is 0 Å². The smallest absolute Gasteiger partial charge is 0.251 e. The number of ether oxygens (including phenoxy) is 1. The number of piperazine rings is 1. The third-order valence-corrected chi connectivity index (χ3v) is 5.13. The highest BCUT2D eigenvalue weighted by molar-refractivity contribution is 7.07. The van der Waals surface area contributed by atoms with Crippen molar-refractivity contribution in [2.45, 2.75) is 13.0 Å². The van der Waals surface area contributed by atoms with Gasteiger partial charge in [-0.1, -0.05) is 6.07 Å². The van der Waals surface area contributed by atoms with Crippen molar-refractivity contribution in [2.24, 2.45) is 0 Å². The van der Waals surface area contributed by atoms with E-state index in [1.165, 1.54) is 0 Å². The number of likely N-dealkylation sites (N-methyl/N-ethyl adjacent to an activating group) is 1. The standard InChI is InChI=1S/C19H26N4O2S/c1-22-8-10-23(11-9-22)7-3-6-20-19(24)16-4-2-5-18(12-16)25-13-17-14-26-15-21-17/h2,4-5,12,14-15H,3,6-11,13H2,1H3,(H,20,24). The fraction of sp³-hybridized carbons (Fsp3) is 0.474. The average Bonchev–Trinajstić information content (AvgIpc) is 3.19. The molecule has 6 nitrogen and oxygen atoms in total. The summed E-state index contributed by atoms with van der Waals surface area (Å²) in [5.74, 6) is 0.630. The van der Waals surface area contributed by atoms with Crippen LogP contribution in [0.15, 0.2) is 35.2 Å².